The van der Waals surface area contributed by atoms with Crippen molar-refractivity contribution in [3.63, 3.8) is 0 Å². The highest BCUT2D eigenvalue weighted by atomic mass is 16.5. The lowest BCUT2D eigenvalue weighted by atomic mass is 9.86. The van der Waals surface area contributed by atoms with Gasteiger partial charge in [-0.25, -0.2) is 0 Å². The van der Waals surface area contributed by atoms with Crippen molar-refractivity contribution in [1.29, 1.82) is 5.26 Å². The molecular weight excluding hydrogens is 266 g/mol. The van der Waals surface area contributed by atoms with Crippen LogP contribution < -0.4 is 0 Å². The van der Waals surface area contributed by atoms with Crippen LogP contribution in [-0.2, 0) is 9.53 Å². The van der Waals surface area contributed by atoms with Gasteiger partial charge < -0.3 is 9.64 Å². The van der Waals surface area contributed by atoms with E-state index in [4.69, 9.17) is 4.74 Å². The number of carbonyl (C=O) groups excluding carboxylic acids is 1. The van der Waals surface area contributed by atoms with Crippen LogP contribution in [0.15, 0.2) is 0 Å². The summed E-state index contributed by atoms with van der Waals surface area (Å²) in [7, 11) is 0. The minimum atomic E-state index is -0.723. The fourth-order valence-corrected chi connectivity index (χ4v) is 4.15. The molecule has 1 aliphatic carbocycles. The maximum absolute atomic E-state index is 12.8. The molecule has 2 heterocycles. The zero-order valence-electron chi connectivity index (χ0n) is 12.9. The van der Waals surface area contributed by atoms with Gasteiger partial charge in [0.05, 0.1) is 19.3 Å². The van der Waals surface area contributed by atoms with E-state index in [1.807, 2.05) is 4.90 Å². The summed E-state index contributed by atoms with van der Waals surface area (Å²) in [6.07, 6.45) is 3.51. The number of morpholine rings is 1. The molecular formula is C16H25N3O2. The molecule has 0 N–H and O–H groups in total. The number of nitrogens with zero attached hydrogens (tertiary/aromatic N) is 3. The lowest BCUT2D eigenvalue weighted by Gasteiger charge is -2.34. The van der Waals surface area contributed by atoms with Crippen LogP contribution >= 0.6 is 0 Å². The molecule has 3 fully saturated rings. The van der Waals surface area contributed by atoms with Gasteiger partial charge in [-0.05, 0) is 18.8 Å². The van der Waals surface area contributed by atoms with E-state index in [0.717, 1.165) is 65.1 Å². The normalized spacial score (nSPS) is 33.0. The number of rotatable bonds is 2. The van der Waals surface area contributed by atoms with Gasteiger partial charge in [0.2, 0.25) is 5.91 Å². The van der Waals surface area contributed by atoms with Crippen LogP contribution in [0.3, 0.4) is 0 Å². The quantitative estimate of drug-likeness (QED) is 0.768. The summed E-state index contributed by atoms with van der Waals surface area (Å²) in [4.78, 5) is 17.2. The van der Waals surface area contributed by atoms with Crippen molar-refractivity contribution in [2.45, 2.75) is 38.6 Å². The zero-order chi connectivity index (χ0) is 14.9. The molecule has 1 saturated carbocycles. The van der Waals surface area contributed by atoms with Crippen molar-refractivity contribution in [2.24, 2.45) is 11.3 Å². The monoisotopic (exact) mass is 291 g/mol. The Morgan fingerprint density at radius 1 is 1.24 bits per heavy atom. The molecule has 0 aromatic rings. The summed E-state index contributed by atoms with van der Waals surface area (Å²) in [5.41, 5.74) is -0.723. The highest BCUT2D eigenvalue weighted by Crippen LogP contribution is 2.40. The standard InChI is InChI=1S/C16H25N3O2/c1-13-10-19(11-14(13)18-6-8-21-9-7-18)15(20)16(12-17)4-2-3-5-16/h13-14H,2-11H2,1H3/t13-,14-/m0/s1. The van der Waals surface area contributed by atoms with Gasteiger partial charge >= 0.3 is 0 Å². The van der Waals surface area contributed by atoms with Gasteiger partial charge in [0, 0.05) is 32.2 Å². The third kappa shape index (κ3) is 2.67. The van der Waals surface area contributed by atoms with E-state index in [-0.39, 0.29) is 5.91 Å². The SMILES string of the molecule is C[C@H]1CN(C(=O)C2(C#N)CCCC2)C[C@@H]1N1CCOCC1. The second kappa shape index (κ2) is 5.94. The molecule has 2 saturated heterocycles. The number of carbonyl (C=O) groups is 1. The fraction of sp³-hybridized carbons (Fsp3) is 0.875. The van der Waals surface area contributed by atoms with Crippen LogP contribution in [0.25, 0.3) is 0 Å². The summed E-state index contributed by atoms with van der Waals surface area (Å²) >= 11 is 0. The van der Waals surface area contributed by atoms with E-state index >= 15 is 0 Å². The number of hydrogen-bond acceptors (Lipinski definition) is 4. The van der Waals surface area contributed by atoms with Gasteiger partial charge in [-0.2, -0.15) is 5.26 Å². The maximum atomic E-state index is 12.8. The second-order valence-electron chi connectivity index (χ2n) is 6.80. The van der Waals surface area contributed by atoms with Crippen molar-refractivity contribution in [3.05, 3.63) is 0 Å². The molecule has 5 heteroatoms. The van der Waals surface area contributed by atoms with E-state index in [2.05, 4.69) is 17.9 Å². The van der Waals surface area contributed by atoms with E-state index in [0.29, 0.717) is 12.0 Å². The molecule has 0 spiro atoms. The Hall–Kier alpha value is -1.12. The van der Waals surface area contributed by atoms with Crippen molar-refractivity contribution in [1.82, 2.24) is 9.80 Å². The average molecular weight is 291 g/mol. The molecule has 3 rings (SSSR count). The van der Waals surface area contributed by atoms with Crippen molar-refractivity contribution >= 4 is 5.91 Å². The molecule has 0 radical (unpaired) electrons. The smallest absolute Gasteiger partial charge is 0.243 e. The van der Waals surface area contributed by atoms with Crippen LogP contribution in [0.5, 0.6) is 0 Å². The summed E-state index contributed by atoms with van der Waals surface area (Å²) in [6, 6.07) is 2.76. The average Bonchev–Trinajstić information content (AvgIpc) is 3.15. The predicted molar refractivity (Wildman–Crippen MR) is 78.4 cm³/mol. The maximum Gasteiger partial charge on any atom is 0.243 e. The van der Waals surface area contributed by atoms with E-state index in [1.165, 1.54) is 0 Å². The highest BCUT2D eigenvalue weighted by molar-refractivity contribution is 5.86. The van der Waals surface area contributed by atoms with Gasteiger partial charge in [0.1, 0.15) is 5.41 Å². The van der Waals surface area contributed by atoms with Crippen LogP contribution in [0, 0.1) is 22.7 Å². The Kier molecular flexibility index (Phi) is 4.19. The Balaban J connectivity index is 1.67. The van der Waals surface area contributed by atoms with Gasteiger partial charge in [-0.3, -0.25) is 9.69 Å². The molecule has 0 unspecified atom stereocenters. The summed E-state index contributed by atoms with van der Waals surface area (Å²) in [5, 5.41) is 9.50. The first-order valence-corrected chi connectivity index (χ1v) is 8.19. The van der Waals surface area contributed by atoms with E-state index in [1.54, 1.807) is 0 Å². The molecule has 0 aromatic carbocycles. The lowest BCUT2D eigenvalue weighted by Crippen LogP contribution is -2.48. The van der Waals surface area contributed by atoms with Crippen molar-refractivity contribution in [3.8, 4) is 6.07 Å². The molecule has 21 heavy (non-hydrogen) atoms. The highest BCUT2D eigenvalue weighted by Gasteiger charge is 2.47. The number of nitriles is 1. The van der Waals surface area contributed by atoms with Gasteiger partial charge in [0.25, 0.3) is 0 Å². The van der Waals surface area contributed by atoms with Crippen molar-refractivity contribution in [2.75, 3.05) is 39.4 Å². The zero-order valence-corrected chi connectivity index (χ0v) is 12.9. The number of likely N-dealkylation sites (tertiary alicyclic amines) is 1. The largest absolute Gasteiger partial charge is 0.379 e. The fourth-order valence-electron chi connectivity index (χ4n) is 4.15. The molecule has 2 aliphatic heterocycles. The number of hydrogen-bond donors (Lipinski definition) is 0. The van der Waals surface area contributed by atoms with Gasteiger partial charge in [-0.1, -0.05) is 19.8 Å². The molecule has 0 bridgehead atoms. The Labute approximate surface area is 126 Å². The summed E-state index contributed by atoms with van der Waals surface area (Å²) in [5.74, 6) is 0.564. The Morgan fingerprint density at radius 2 is 1.90 bits per heavy atom. The third-order valence-electron chi connectivity index (χ3n) is 5.46. The molecule has 3 aliphatic rings. The van der Waals surface area contributed by atoms with Crippen LogP contribution in [0.2, 0.25) is 0 Å². The molecule has 5 nitrogen and oxygen atoms in total. The summed E-state index contributed by atoms with van der Waals surface area (Å²) in [6.45, 7) is 7.30. The predicted octanol–water partition coefficient (Wildman–Crippen LogP) is 1.25. The molecule has 0 aromatic heterocycles. The Bertz CT molecular complexity index is 433. The molecule has 2 atom stereocenters. The minimum Gasteiger partial charge on any atom is -0.379 e. The van der Waals surface area contributed by atoms with Gasteiger partial charge in [0.15, 0.2) is 0 Å². The van der Waals surface area contributed by atoms with Gasteiger partial charge in [-0.15, -0.1) is 0 Å². The third-order valence-corrected chi connectivity index (χ3v) is 5.46. The van der Waals surface area contributed by atoms with Crippen LogP contribution in [-0.4, -0.2) is 61.1 Å². The minimum absolute atomic E-state index is 0.0881. The van der Waals surface area contributed by atoms with E-state index in [9.17, 15) is 10.1 Å². The van der Waals surface area contributed by atoms with Crippen LogP contribution in [0.1, 0.15) is 32.6 Å². The number of amides is 1. The first-order valence-electron chi connectivity index (χ1n) is 8.19. The summed E-state index contributed by atoms with van der Waals surface area (Å²) < 4.78 is 5.42. The van der Waals surface area contributed by atoms with Crippen molar-refractivity contribution < 1.29 is 9.53 Å². The topological polar surface area (TPSA) is 56.6 Å². The van der Waals surface area contributed by atoms with Crippen LogP contribution in [0.4, 0.5) is 0 Å². The molecule has 116 valence electrons. The lowest BCUT2D eigenvalue weighted by molar-refractivity contribution is -0.138. The molecule has 1 amide bonds. The Morgan fingerprint density at radius 3 is 2.52 bits per heavy atom. The second-order valence-corrected chi connectivity index (χ2v) is 6.80. The number of ether oxygens (including phenoxy) is 1. The van der Waals surface area contributed by atoms with E-state index < -0.39 is 5.41 Å². The first-order chi connectivity index (χ1) is 10.2. The first kappa shape index (κ1) is 14.8.